The number of rotatable bonds is 5. The zero-order valence-electron chi connectivity index (χ0n) is 32.3. The summed E-state index contributed by atoms with van der Waals surface area (Å²) < 4.78 is 8.71. The Kier molecular flexibility index (Phi) is 9.77. The molecule has 272 valence electrons. The minimum Gasteiger partial charge on any atom is -0.509 e. The van der Waals surface area contributed by atoms with E-state index in [1.54, 1.807) is 0 Å². The average molecular weight is 869 g/mol. The number of allylic oxidation sites excluding steroid dienone is 2. The van der Waals surface area contributed by atoms with Crippen LogP contribution >= 0.6 is 0 Å². The summed E-state index contributed by atoms with van der Waals surface area (Å²) in [6.45, 7) is 26.9. The first-order chi connectivity index (χ1) is 24.0. The van der Waals surface area contributed by atoms with Crippen molar-refractivity contribution in [2.75, 3.05) is 9.80 Å². The molecule has 0 bridgehead atoms. The van der Waals surface area contributed by atoms with Crippen LogP contribution in [0.2, 0.25) is 0 Å². The summed E-state index contributed by atoms with van der Waals surface area (Å²) in [5, 5.41) is 2.26. The fourth-order valence-electron chi connectivity index (χ4n) is 6.69. The van der Waals surface area contributed by atoms with Gasteiger partial charge >= 0.3 is 0 Å². The van der Waals surface area contributed by atoms with E-state index in [-0.39, 0.29) is 37.3 Å². The molecule has 0 saturated heterocycles. The third-order valence-corrected chi connectivity index (χ3v) is 10.0. The molecule has 0 aliphatic carbocycles. The van der Waals surface area contributed by atoms with Gasteiger partial charge in [-0.2, -0.15) is 12.1 Å². The molecule has 0 saturated carbocycles. The van der Waals surface area contributed by atoms with Crippen molar-refractivity contribution in [1.29, 1.82) is 0 Å². The van der Waals surface area contributed by atoms with E-state index in [9.17, 15) is 0 Å². The molecule has 6 aromatic rings. The smallest absolute Gasteiger partial charge is 0.135 e. The van der Waals surface area contributed by atoms with E-state index in [1.807, 2.05) is 24.4 Å². The number of anilines is 2. The van der Waals surface area contributed by atoms with Crippen molar-refractivity contribution in [2.45, 2.75) is 92.4 Å². The van der Waals surface area contributed by atoms with Crippen LogP contribution in [-0.2, 0) is 37.3 Å². The largest absolute Gasteiger partial charge is 0.509 e. The minimum absolute atomic E-state index is 0. The Hall–Kier alpha value is -4.34. The molecule has 0 spiro atoms. The van der Waals surface area contributed by atoms with Crippen LogP contribution in [0.4, 0.5) is 11.4 Å². The van der Waals surface area contributed by atoms with Gasteiger partial charge in [0.25, 0.3) is 0 Å². The Labute approximate surface area is 324 Å². The maximum atomic E-state index is 6.52. The van der Waals surface area contributed by atoms with E-state index >= 15 is 0 Å². The molecule has 0 unspecified atom stereocenters. The molecule has 0 radical (unpaired) electrons. The third kappa shape index (κ3) is 7.05. The molecule has 0 atom stereocenters. The maximum Gasteiger partial charge on any atom is 0.135 e. The van der Waals surface area contributed by atoms with E-state index in [0.29, 0.717) is 11.5 Å². The second-order valence-electron chi connectivity index (χ2n) is 16.9. The molecule has 52 heavy (non-hydrogen) atoms. The Morgan fingerprint density at radius 3 is 1.92 bits per heavy atom. The number of benzene rings is 4. The zero-order chi connectivity index (χ0) is 36.5. The second kappa shape index (κ2) is 13.6. The summed E-state index contributed by atoms with van der Waals surface area (Å²) in [5.74, 6) is 2.11. The van der Waals surface area contributed by atoms with E-state index < -0.39 is 0 Å². The average Bonchev–Trinajstić information content (AvgIpc) is 3.56. The van der Waals surface area contributed by atoms with Gasteiger partial charge in [-0.1, -0.05) is 92.1 Å². The van der Waals surface area contributed by atoms with Crippen LogP contribution in [0, 0.1) is 18.8 Å². The molecule has 4 aromatic carbocycles. The van der Waals surface area contributed by atoms with Gasteiger partial charge < -0.3 is 19.1 Å². The second-order valence-corrected chi connectivity index (χ2v) is 16.9. The summed E-state index contributed by atoms with van der Waals surface area (Å²) in [7, 11) is 0. The van der Waals surface area contributed by atoms with Gasteiger partial charge in [-0.05, 0) is 82.5 Å². The first-order valence-electron chi connectivity index (χ1n) is 17.9. The van der Waals surface area contributed by atoms with Crippen molar-refractivity contribution < 1.29 is 25.8 Å². The van der Waals surface area contributed by atoms with Crippen LogP contribution in [0.3, 0.4) is 0 Å². The molecule has 3 heterocycles. The van der Waals surface area contributed by atoms with Crippen molar-refractivity contribution in [1.82, 2.24) is 9.55 Å². The Bertz CT molecular complexity index is 2280. The summed E-state index contributed by atoms with van der Waals surface area (Å²) in [6.07, 6.45) is 1.90. The fourth-order valence-corrected chi connectivity index (χ4v) is 6.69. The number of para-hydroxylation sites is 1. The van der Waals surface area contributed by atoms with E-state index in [4.69, 9.17) is 9.72 Å². The van der Waals surface area contributed by atoms with Crippen LogP contribution in [0.25, 0.3) is 27.6 Å². The molecule has 7 rings (SSSR count). The normalized spacial score (nSPS) is 14.1. The molecular weight excluding hydrogens is 820 g/mol. The fraction of sp³-hybridized carbons (Fsp3) is 0.304. The molecule has 0 N–H and O–H groups in total. The van der Waals surface area contributed by atoms with Crippen molar-refractivity contribution in [3.8, 4) is 17.3 Å². The van der Waals surface area contributed by atoms with Crippen molar-refractivity contribution >= 4 is 33.2 Å². The van der Waals surface area contributed by atoms with Crippen LogP contribution in [0.15, 0.2) is 103 Å². The van der Waals surface area contributed by atoms with Crippen LogP contribution in [0.1, 0.15) is 92.9 Å². The minimum atomic E-state index is -0.00298. The number of nitrogens with zero attached hydrogens (tertiary/aromatic N) is 4. The topological polar surface area (TPSA) is 33.5 Å². The van der Waals surface area contributed by atoms with Crippen molar-refractivity contribution in [3.05, 3.63) is 138 Å². The first kappa shape index (κ1) is 37.4. The molecule has 1 aliphatic rings. The Morgan fingerprint density at radius 2 is 1.25 bits per heavy atom. The van der Waals surface area contributed by atoms with Gasteiger partial charge in [0, 0.05) is 61.4 Å². The number of hydrogen-bond acceptors (Lipinski definition) is 4. The summed E-state index contributed by atoms with van der Waals surface area (Å²) in [5.41, 5.74) is 10.3. The predicted octanol–water partition coefficient (Wildman–Crippen LogP) is 12.2. The SMILES string of the molecule is CC1=C(C)N(c2cc(C(C)(C)C)cc(C(C)(C)C)c2)[CH-]N1c1[c-]c(Oc2[c-]c3c(cc2)c2ccccc2n3-c2cc(C(C)(C)C)ccn2)ccc1.[Pt]. The number of pyridine rings is 1. The Balaban J connectivity index is 0.00000464. The number of ether oxygens (including phenoxy) is 1. The maximum absolute atomic E-state index is 6.52. The molecule has 0 amide bonds. The number of hydrogen-bond donors (Lipinski definition) is 0. The molecular formula is C46H49N4OPt-3. The zero-order valence-corrected chi connectivity index (χ0v) is 34.5. The predicted molar refractivity (Wildman–Crippen MR) is 213 cm³/mol. The van der Waals surface area contributed by atoms with Crippen molar-refractivity contribution in [2.24, 2.45) is 0 Å². The van der Waals surface area contributed by atoms with Crippen LogP contribution in [0.5, 0.6) is 11.5 Å². The molecule has 6 heteroatoms. The number of aromatic nitrogens is 2. The van der Waals surface area contributed by atoms with Gasteiger partial charge in [0.05, 0.1) is 0 Å². The van der Waals surface area contributed by atoms with Crippen molar-refractivity contribution in [3.63, 3.8) is 0 Å². The molecule has 5 nitrogen and oxygen atoms in total. The van der Waals surface area contributed by atoms with E-state index in [1.165, 1.54) is 28.1 Å². The van der Waals surface area contributed by atoms with E-state index in [2.05, 4.69) is 176 Å². The molecule has 1 aliphatic heterocycles. The summed E-state index contributed by atoms with van der Waals surface area (Å²) in [4.78, 5) is 9.31. The Morgan fingerprint density at radius 1 is 0.615 bits per heavy atom. The van der Waals surface area contributed by atoms with Crippen LogP contribution < -0.4 is 14.5 Å². The monoisotopic (exact) mass is 868 g/mol. The van der Waals surface area contributed by atoms with Gasteiger partial charge in [-0.25, -0.2) is 4.98 Å². The van der Waals surface area contributed by atoms with Crippen LogP contribution in [-0.4, -0.2) is 9.55 Å². The van der Waals surface area contributed by atoms with Gasteiger partial charge in [0.15, 0.2) is 0 Å². The van der Waals surface area contributed by atoms with Gasteiger partial charge in [0.2, 0.25) is 0 Å². The van der Waals surface area contributed by atoms with Gasteiger partial charge in [-0.3, -0.25) is 0 Å². The summed E-state index contributed by atoms with van der Waals surface area (Å²) >= 11 is 0. The standard InChI is InChI=1S/C46H49N4O.Pt/c1-30-31(2)49(36-24-33(45(6,7)8)23-34(25-36)46(9,10)11)29-48(30)35-15-14-16-37(27-35)51-38-19-20-40-39-17-12-13-18-41(39)50(42(40)28-38)43-26-32(21-22-47-43)44(3,4)5;/h12-26,29H,1-11H3;/q-3;. The quantitative estimate of drug-likeness (QED) is 0.162. The number of fused-ring (bicyclic) bond motifs is 3. The summed E-state index contributed by atoms with van der Waals surface area (Å²) in [6, 6.07) is 37.1. The van der Waals surface area contributed by atoms with Gasteiger partial charge in [-0.15, -0.1) is 48.1 Å². The van der Waals surface area contributed by atoms with E-state index in [0.717, 1.165) is 39.0 Å². The van der Waals surface area contributed by atoms with Gasteiger partial charge in [0.1, 0.15) is 5.82 Å². The molecule has 0 fully saturated rings. The third-order valence-electron chi connectivity index (χ3n) is 10.0. The first-order valence-corrected chi connectivity index (χ1v) is 17.9. The molecule has 2 aromatic heterocycles.